The average molecular weight is 349 g/mol. The number of esters is 1. The number of halogens is 6. The molecule has 0 aromatic heterocycles. The van der Waals surface area contributed by atoms with E-state index in [1.54, 1.807) is 0 Å². The SMILES string of the molecule is COC(=O)c1ccc(F)cc1OC(F)(F)C(F)(F)Br. The predicted molar refractivity (Wildman–Crippen MR) is 57.2 cm³/mol. The highest BCUT2D eigenvalue weighted by Crippen LogP contribution is 2.41. The molecule has 9 heteroatoms. The summed E-state index contributed by atoms with van der Waals surface area (Å²) in [6.45, 7) is 0. The fraction of sp³-hybridized carbons (Fsp3) is 0.300. The van der Waals surface area contributed by atoms with E-state index in [4.69, 9.17) is 0 Å². The zero-order valence-corrected chi connectivity index (χ0v) is 10.8. The summed E-state index contributed by atoms with van der Waals surface area (Å²) in [5.41, 5.74) is -0.611. The number of ether oxygens (including phenoxy) is 2. The van der Waals surface area contributed by atoms with Crippen LogP contribution in [0.2, 0.25) is 0 Å². The van der Waals surface area contributed by atoms with Crippen LogP contribution in [0.4, 0.5) is 22.0 Å². The Hall–Kier alpha value is -1.38. The summed E-state index contributed by atoms with van der Waals surface area (Å²) < 4.78 is 71.9. The van der Waals surface area contributed by atoms with Crippen molar-refractivity contribution in [3.8, 4) is 5.75 Å². The minimum Gasteiger partial charge on any atom is -0.465 e. The second kappa shape index (κ2) is 5.32. The molecule has 106 valence electrons. The molecule has 0 atom stereocenters. The van der Waals surface area contributed by atoms with Gasteiger partial charge in [-0.3, -0.25) is 0 Å². The first-order valence-corrected chi connectivity index (χ1v) is 5.39. The Balaban J connectivity index is 3.20. The Labute approximate surface area is 112 Å². The Kier molecular flexibility index (Phi) is 4.39. The first-order chi connectivity index (χ1) is 8.58. The summed E-state index contributed by atoms with van der Waals surface area (Å²) in [5.74, 6) is -3.24. The molecule has 0 radical (unpaired) electrons. The summed E-state index contributed by atoms with van der Waals surface area (Å²) in [5, 5.41) is 0. The van der Waals surface area contributed by atoms with E-state index in [0.29, 0.717) is 6.07 Å². The highest BCUT2D eigenvalue weighted by Gasteiger charge is 2.58. The molecule has 0 heterocycles. The molecule has 0 aliphatic carbocycles. The molecule has 1 aromatic carbocycles. The number of rotatable bonds is 4. The molecule has 0 spiro atoms. The van der Waals surface area contributed by atoms with E-state index in [0.717, 1.165) is 19.2 Å². The number of carbonyl (C=O) groups excluding carboxylic acids is 1. The average Bonchev–Trinajstić information content (AvgIpc) is 2.26. The summed E-state index contributed by atoms with van der Waals surface area (Å²) in [4.78, 5) is 6.52. The van der Waals surface area contributed by atoms with Gasteiger partial charge < -0.3 is 9.47 Å². The zero-order chi connectivity index (χ0) is 14.8. The van der Waals surface area contributed by atoms with E-state index in [2.05, 4.69) is 9.47 Å². The molecule has 0 aliphatic heterocycles. The van der Waals surface area contributed by atoms with E-state index in [1.165, 1.54) is 15.9 Å². The van der Waals surface area contributed by atoms with Crippen molar-refractivity contribution in [1.82, 2.24) is 0 Å². The van der Waals surface area contributed by atoms with Gasteiger partial charge in [-0.2, -0.15) is 17.6 Å². The third-order valence-corrected chi connectivity index (χ3v) is 2.38. The van der Waals surface area contributed by atoms with Crippen molar-refractivity contribution in [1.29, 1.82) is 0 Å². The van der Waals surface area contributed by atoms with Crippen LogP contribution in [0.25, 0.3) is 0 Å². The van der Waals surface area contributed by atoms with Gasteiger partial charge in [0.25, 0.3) is 0 Å². The number of methoxy groups -OCH3 is 1. The topological polar surface area (TPSA) is 35.5 Å². The van der Waals surface area contributed by atoms with Gasteiger partial charge in [-0.1, -0.05) is 0 Å². The fourth-order valence-electron chi connectivity index (χ4n) is 1.06. The van der Waals surface area contributed by atoms with Gasteiger partial charge in [-0.05, 0) is 12.1 Å². The quantitative estimate of drug-likeness (QED) is 0.474. The predicted octanol–water partition coefficient (Wildman–Crippen LogP) is 3.57. The van der Waals surface area contributed by atoms with Gasteiger partial charge in [0, 0.05) is 22.0 Å². The van der Waals surface area contributed by atoms with Gasteiger partial charge in [0.15, 0.2) is 0 Å². The lowest BCUT2D eigenvalue weighted by Crippen LogP contribution is -2.41. The molecule has 0 saturated carbocycles. The smallest absolute Gasteiger partial charge is 0.465 e. The van der Waals surface area contributed by atoms with Crippen molar-refractivity contribution in [3.63, 3.8) is 0 Å². The molecule has 0 saturated heterocycles. The maximum Gasteiger partial charge on any atom is 0.475 e. The van der Waals surface area contributed by atoms with Gasteiger partial charge in [-0.15, -0.1) is 0 Å². The molecular formula is C10H6BrF5O3. The Morgan fingerprint density at radius 3 is 2.32 bits per heavy atom. The number of benzene rings is 1. The molecule has 0 amide bonds. The van der Waals surface area contributed by atoms with Crippen LogP contribution in [-0.4, -0.2) is 24.0 Å². The van der Waals surface area contributed by atoms with Crippen LogP contribution in [0.15, 0.2) is 18.2 Å². The maximum atomic E-state index is 13.0. The van der Waals surface area contributed by atoms with E-state index < -0.39 is 34.0 Å². The minimum atomic E-state index is -4.98. The Morgan fingerprint density at radius 1 is 1.26 bits per heavy atom. The molecule has 0 unspecified atom stereocenters. The molecule has 0 N–H and O–H groups in total. The first-order valence-electron chi connectivity index (χ1n) is 4.60. The molecule has 0 bridgehead atoms. The highest BCUT2D eigenvalue weighted by molar-refractivity contribution is 9.10. The molecule has 0 fully saturated rings. The van der Waals surface area contributed by atoms with Crippen molar-refractivity contribution in [2.75, 3.05) is 7.11 Å². The minimum absolute atomic E-state index is 0.374. The molecule has 0 aliphatic rings. The van der Waals surface area contributed by atoms with E-state index in [-0.39, 0.29) is 0 Å². The van der Waals surface area contributed by atoms with Crippen molar-refractivity contribution in [3.05, 3.63) is 29.6 Å². The van der Waals surface area contributed by atoms with E-state index in [9.17, 15) is 26.7 Å². The standard InChI is InChI=1S/C10H6BrF5O3/c1-18-8(17)6-3-2-5(12)4-7(6)19-10(15,16)9(11,13)14/h2-4H,1H3. The second-order valence-electron chi connectivity index (χ2n) is 3.25. The van der Waals surface area contributed by atoms with Gasteiger partial charge in [-0.25, -0.2) is 9.18 Å². The van der Waals surface area contributed by atoms with Crippen LogP contribution in [-0.2, 0) is 4.74 Å². The van der Waals surface area contributed by atoms with Gasteiger partial charge in [0.1, 0.15) is 17.1 Å². The van der Waals surface area contributed by atoms with Crippen molar-refractivity contribution < 1.29 is 36.2 Å². The fourth-order valence-corrected chi connectivity index (χ4v) is 1.14. The van der Waals surface area contributed by atoms with Crippen LogP contribution < -0.4 is 4.74 Å². The summed E-state index contributed by atoms with van der Waals surface area (Å²) in [6.07, 6.45) is -4.98. The van der Waals surface area contributed by atoms with E-state index >= 15 is 0 Å². The highest BCUT2D eigenvalue weighted by atomic mass is 79.9. The second-order valence-corrected chi connectivity index (χ2v) is 4.24. The normalized spacial score (nSPS) is 12.2. The summed E-state index contributed by atoms with van der Waals surface area (Å²) >= 11 is 1.44. The Bertz CT molecular complexity index is 487. The molecule has 19 heavy (non-hydrogen) atoms. The van der Waals surface area contributed by atoms with Crippen LogP contribution in [0.1, 0.15) is 10.4 Å². The number of carbonyl (C=O) groups is 1. The lowest BCUT2D eigenvalue weighted by Gasteiger charge is -2.22. The lowest BCUT2D eigenvalue weighted by atomic mass is 10.2. The lowest BCUT2D eigenvalue weighted by molar-refractivity contribution is -0.266. The van der Waals surface area contributed by atoms with Crippen molar-refractivity contribution in [2.24, 2.45) is 0 Å². The van der Waals surface area contributed by atoms with Crippen LogP contribution in [0.3, 0.4) is 0 Å². The molecule has 3 nitrogen and oxygen atoms in total. The molecular weight excluding hydrogens is 343 g/mol. The monoisotopic (exact) mass is 348 g/mol. The third kappa shape index (κ3) is 3.55. The van der Waals surface area contributed by atoms with Gasteiger partial charge >= 0.3 is 16.9 Å². The first kappa shape index (κ1) is 15.7. The van der Waals surface area contributed by atoms with Crippen molar-refractivity contribution >= 4 is 21.9 Å². The van der Waals surface area contributed by atoms with Crippen molar-refractivity contribution in [2.45, 2.75) is 10.9 Å². The van der Waals surface area contributed by atoms with Crippen LogP contribution in [0, 0.1) is 5.82 Å². The number of hydrogen-bond donors (Lipinski definition) is 0. The number of alkyl halides is 5. The number of hydrogen-bond acceptors (Lipinski definition) is 3. The largest absolute Gasteiger partial charge is 0.475 e. The molecule has 1 aromatic rings. The zero-order valence-electron chi connectivity index (χ0n) is 9.22. The maximum absolute atomic E-state index is 13.0. The van der Waals surface area contributed by atoms with Crippen LogP contribution >= 0.6 is 15.9 Å². The van der Waals surface area contributed by atoms with Gasteiger partial charge in [0.2, 0.25) is 0 Å². The third-order valence-electron chi connectivity index (χ3n) is 1.92. The molecule has 1 rings (SSSR count). The van der Waals surface area contributed by atoms with Gasteiger partial charge in [0.05, 0.1) is 7.11 Å². The summed E-state index contributed by atoms with van der Waals surface area (Å²) in [6, 6.07) is 1.92. The van der Waals surface area contributed by atoms with Crippen LogP contribution in [0.5, 0.6) is 5.75 Å². The summed E-state index contributed by atoms with van der Waals surface area (Å²) in [7, 11) is 0.937. The Morgan fingerprint density at radius 2 is 1.84 bits per heavy atom. The van der Waals surface area contributed by atoms with E-state index in [1.807, 2.05) is 0 Å².